The van der Waals surface area contributed by atoms with Gasteiger partial charge in [0.05, 0.1) is 12.9 Å². The molecule has 2 aromatic rings. The molecule has 5 heteroatoms. The first-order chi connectivity index (χ1) is 8.15. The lowest BCUT2D eigenvalue weighted by Gasteiger charge is -2.03. The molecule has 2 rings (SSSR count). The molecule has 2 N–H and O–H groups in total. The number of hydrogen-bond donors (Lipinski definition) is 1. The van der Waals surface area contributed by atoms with Gasteiger partial charge in [0.25, 0.3) is 0 Å². The Kier molecular flexibility index (Phi) is 3.19. The predicted molar refractivity (Wildman–Crippen MR) is 67.1 cm³/mol. The van der Waals surface area contributed by atoms with Gasteiger partial charge in [-0.1, -0.05) is 0 Å². The van der Waals surface area contributed by atoms with Crippen molar-refractivity contribution < 1.29 is 13.9 Å². The van der Waals surface area contributed by atoms with E-state index in [-0.39, 0.29) is 0 Å². The molecule has 0 unspecified atom stereocenters. The molecule has 2 heterocycles. The van der Waals surface area contributed by atoms with E-state index in [9.17, 15) is 4.79 Å². The van der Waals surface area contributed by atoms with Gasteiger partial charge < -0.3 is 14.9 Å². The van der Waals surface area contributed by atoms with E-state index in [1.807, 2.05) is 6.92 Å². The van der Waals surface area contributed by atoms with Crippen LogP contribution >= 0.6 is 11.3 Å². The van der Waals surface area contributed by atoms with Gasteiger partial charge in [0, 0.05) is 10.4 Å². The zero-order valence-corrected chi connectivity index (χ0v) is 10.5. The van der Waals surface area contributed by atoms with Gasteiger partial charge in [-0.05, 0) is 26.0 Å². The van der Waals surface area contributed by atoms with Gasteiger partial charge in [-0.2, -0.15) is 0 Å². The van der Waals surface area contributed by atoms with Gasteiger partial charge >= 0.3 is 5.97 Å². The number of carbonyl (C=O) groups excluding carboxylic acids is 1. The Morgan fingerprint density at radius 1 is 1.59 bits per heavy atom. The lowest BCUT2D eigenvalue weighted by atomic mass is 10.1. The van der Waals surface area contributed by atoms with Crippen LogP contribution in [0.3, 0.4) is 0 Å². The molecule has 2 aromatic heterocycles. The third-order valence-electron chi connectivity index (χ3n) is 2.36. The van der Waals surface area contributed by atoms with Crippen LogP contribution in [0.15, 0.2) is 22.8 Å². The Bertz CT molecular complexity index is 528. The molecular weight excluding hydrogens is 238 g/mol. The Hall–Kier alpha value is -1.75. The average Bonchev–Trinajstić information content (AvgIpc) is 2.85. The van der Waals surface area contributed by atoms with Crippen LogP contribution in [0, 0.1) is 6.92 Å². The number of thiophene rings is 1. The van der Waals surface area contributed by atoms with E-state index >= 15 is 0 Å². The number of rotatable bonds is 3. The second kappa shape index (κ2) is 4.63. The van der Waals surface area contributed by atoms with Crippen molar-refractivity contribution in [3.8, 4) is 11.3 Å². The van der Waals surface area contributed by atoms with Crippen LogP contribution in [0.5, 0.6) is 0 Å². The minimum atomic E-state index is -0.402. The summed E-state index contributed by atoms with van der Waals surface area (Å²) >= 11 is 1.37. The Balaban J connectivity index is 2.55. The largest absolute Gasteiger partial charge is 0.464 e. The van der Waals surface area contributed by atoms with E-state index in [1.54, 1.807) is 25.3 Å². The van der Waals surface area contributed by atoms with Gasteiger partial charge in [0.15, 0.2) is 0 Å². The molecule has 0 fully saturated rings. The lowest BCUT2D eigenvalue weighted by Crippen LogP contribution is -2.07. The topological polar surface area (TPSA) is 65.5 Å². The van der Waals surface area contributed by atoms with E-state index < -0.39 is 5.97 Å². The summed E-state index contributed by atoms with van der Waals surface area (Å²) in [5.74, 6) is 0.235. The van der Waals surface area contributed by atoms with E-state index in [4.69, 9.17) is 14.9 Å². The van der Waals surface area contributed by atoms with Crippen molar-refractivity contribution in [1.29, 1.82) is 0 Å². The zero-order chi connectivity index (χ0) is 12.4. The third kappa shape index (κ3) is 2.06. The molecule has 4 nitrogen and oxygen atoms in total. The van der Waals surface area contributed by atoms with Crippen molar-refractivity contribution in [1.82, 2.24) is 0 Å². The number of esters is 1. The monoisotopic (exact) mass is 251 g/mol. The number of nitrogens with two attached hydrogens (primary N) is 1. The normalized spacial score (nSPS) is 10.5. The van der Waals surface area contributed by atoms with E-state index in [0.29, 0.717) is 22.9 Å². The Morgan fingerprint density at radius 2 is 2.35 bits per heavy atom. The molecule has 0 amide bonds. The molecule has 0 aliphatic heterocycles. The van der Waals surface area contributed by atoms with Crippen LogP contribution in [-0.4, -0.2) is 12.6 Å². The van der Waals surface area contributed by atoms with Crippen LogP contribution in [-0.2, 0) is 4.74 Å². The number of nitrogen functional groups attached to an aromatic ring is 1. The second-order valence-corrected chi connectivity index (χ2v) is 4.73. The molecule has 0 bridgehead atoms. The fraction of sp³-hybridized carbons (Fsp3) is 0.250. The lowest BCUT2D eigenvalue weighted by molar-refractivity contribution is 0.0529. The summed E-state index contributed by atoms with van der Waals surface area (Å²) in [4.78, 5) is 12.8. The molecule has 0 aliphatic rings. The molecule has 0 aliphatic carbocycles. The van der Waals surface area contributed by atoms with Gasteiger partial charge in [-0.3, -0.25) is 0 Å². The first-order valence-electron chi connectivity index (χ1n) is 5.25. The fourth-order valence-corrected chi connectivity index (χ4v) is 2.61. The highest BCUT2D eigenvalue weighted by molar-refractivity contribution is 7.16. The number of aryl methyl sites for hydroxylation is 1. The van der Waals surface area contributed by atoms with Crippen molar-refractivity contribution in [2.24, 2.45) is 0 Å². The summed E-state index contributed by atoms with van der Waals surface area (Å²) in [7, 11) is 0. The highest BCUT2D eigenvalue weighted by Crippen LogP contribution is 2.38. The number of carbonyl (C=O) groups is 1. The van der Waals surface area contributed by atoms with Gasteiger partial charge in [-0.15, -0.1) is 11.3 Å². The molecule has 0 spiro atoms. The fourth-order valence-electron chi connectivity index (χ4n) is 1.69. The van der Waals surface area contributed by atoms with Gasteiger partial charge in [-0.25, -0.2) is 4.79 Å². The number of anilines is 1. The predicted octanol–water partition coefficient (Wildman–Crippen LogP) is 3.08. The molecule has 0 atom stereocenters. The molecule has 0 aromatic carbocycles. The van der Waals surface area contributed by atoms with E-state index in [1.165, 1.54) is 11.3 Å². The summed E-state index contributed by atoms with van der Waals surface area (Å²) < 4.78 is 10.3. The third-order valence-corrected chi connectivity index (χ3v) is 3.29. The van der Waals surface area contributed by atoms with Crippen LogP contribution < -0.4 is 5.73 Å². The standard InChI is InChI=1S/C12H13NO3S/c1-3-15-12(14)10-9(7(2)17-11(10)13)8-5-4-6-16-8/h4-6H,3,13H2,1-2H3. The maximum atomic E-state index is 11.9. The van der Waals surface area contributed by atoms with Crippen LogP contribution in [0.25, 0.3) is 11.3 Å². The SMILES string of the molecule is CCOC(=O)c1c(N)sc(C)c1-c1ccco1. The smallest absolute Gasteiger partial charge is 0.341 e. The highest BCUT2D eigenvalue weighted by atomic mass is 32.1. The number of ether oxygens (including phenoxy) is 1. The Morgan fingerprint density at radius 3 is 2.94 bits per heavy atom. The quantitative estimate of drug-likeness (QED) is 0.851. The van der Waals surface area contributed by atoms with Gasteiger partial charge in [0.1, 0.15) is 16.3 Å². The summed E-state index contributed by atoms with van der Waals surface area (Å²) in [5.41, 5.74) is 6.99. The van der Waals surface area contributed by atoms with Crippen molar-refractivity contribution in [2.45, 2.75) is 13.8 Å². The van der Waals surface area contributed by atoms with Crippen molar-refractivity contribution in [2.75, 3.05) is 12.3 Å². The number of hydrogen-bond acceptors (Lipinski definition) is 5. The Labute approximate surface area is 103 Å². The summed E-state index contributed by atoms with van der Waals surface area (Å²) in [6.45, 7) is 3.99. The van der Waals surface area contributed by atoms with Crippen molar-refractivity contribution in [3.05, 3.63) is 28.8 Å². The summed E-state index contributed by atoms with van der Waals surface area (Å²) in [6, 6.07) is 3.58. The van der Waals surface area contributed by atoms with Crippen LogP contribution in [0.4, 0.5) is 5.00 Å². The average molecular weight is 251 g/mol. The maximum Gasteiger partial charge on any atom is 0.341 e. The highest BCUT2D eigenvalue weighted by Gasteiger charge is 2.24. The first kappa shape index (κ1) is 11.7. The second-order valence-electron chi connectivity index (χ2n) is 3.47. The van der Waals surface area contributed by atoms with Gasteiger partial charge in [0.2, 0.25) is 0 Å². The number of furan rings is 1. The first-order valence-corrected chi connectivity index (χ1v) is 6.06. The molecule has 0 radical (unpaired) electrons. The molecule has 0 saturated heterocycles. The van der Waals surface area contributed by atoms with E-state index in [0.717, 1.165) is 10.4 Å². The van der Waals surface area contributed by atoms with E-state index in [2.05, 4.69) is 0 Å². The zero-order valence-electron chi connectivity index (χ0n) is 9.65. The maximum absolute atomic E-state index is 11.9. The molecular formula is C12H13NO3S. The summed E-state index contributed by atoms with van der Waals surface area (Å²) in [5, 5.41) is 0.465. The minimum Gasteiger partial charge on any atom is -0.464 e. The minimum absolute atomic E-state index is 0.324. The van der Waals surface area contributed by atoms with Crippen LogP contribution in [0.1, 0.15) is 22.2 Å². The van der Waals surface area contributed by atoms with Crippen LogP contribution in [0.2, 0.25) is 0 Å². The molecule has 0 saturated carbocycles. The molecule has 17 heavy (non-hydrogen) atoms. The summed E-state index contributed by atoms with van der Waals surface area (Å²) in [6.07, 6.45) is 1.57. The van der Waals surface area contributed by atoms with Crippen molar-refractivity contribution >= 4 is 22.3 Å². The van der Waals surface area contributed by atoms with Crippen molar-refractivity contribution in [3.63, 3.8) is 0 Å². The molecule has 90 valence electrons.